The van der Waals surface area contributed by atoms with Crippen molar-refractivity contribution in [1.29, 1.82) is 0 Å². The second kappa shape index (κ2) is 7.92. The van der Waals surface area contributed by atoms with Crippen LogP contribution in [0.3, 0.4) is 0 Å². The number of hydrogen-bond acceptors (Lipinski definition) is 6. The topological polar surface area (TPSA) is 103 Å². The molecule has 144 valence electrons. The van der Waals surface area contributed by atoms with Gasteiger partial charge >= 0.3 is 12.1 Å². The molecule has 26 heavy (non-hydrogen) atoms. The minimum Gasteiger partial charge on any atom is -0.459 e. The molecule has 1 aromatic rings. The third kappa shape index (κ3) is 4.44. The Morgan fingerprint density at radius 2 is 1.92 bits per heavy atom. The van der Waals surface area contributed by atoms with E-state index in [-0.39, 0.29) is 5.56 Å². The van der Waals surface area contributed by atoms with E-state index in [4.69, 9.17) is 21.1 Å². The number of hydrazone groups is 1. The molecule has 0 radical (unpaired) electrons. The number of piperidine rings is 1. The van der Waals surface area contributed by atoms with Crippen LogP contribution in [0, 0.1) is 0 Å². The Labute approximate surface area is 148 Å². The number of alkyl halides is 3. The Morgan fingerprint density at radius 3 is 2.46 bits per heavy atom. The number of nitrogens with zero attached hydrogens (tertiary/aromatic N) is 2. The summed E-state index contributed by atoms with van der Waals surface area (Å²) in [4.78, 5) is 14.4. The van der Waals surface area contributed by atoms with Crippen LogP contribution in [0.5, 0.6) is 0 Å². The van der Waals surface area contributed by atoms with Gasteiger partial charge < -0.3 is 20.2 Å². The molecule has 0 amide bonds. The lowest BCUT2D eigenvalue weighted by molar-refractivity contribution is -0.177. The van der Waals surface area contributed by atoms with Gasteiger partial charge in [-0.25, -0.2) is 4.79 Å². The van der Waals surface area contributed by atoms with Crippen LogP contribution in [-0.2, 0) is 26.2 Å². The Bertz CT molecular complexity index is 660. The molecule has 1 unspecified atom stereocenters. The van der Waals surface area contributed by atoms with Gasteiger partial charge in [0, 0.05) is 38.6 Å². The van der Waals surface area contributed by atoms with Gasteiger partial charge in [-0.15, -0.1) is 0 Å². The van der Waals surface area contributed by atoms with Crippen LogP contribution in [0.15, 0.2) is 29.4 Å². The molecule has 1 aromatic carbocycles. The molecule has 4 N–H and O–H groups in total. The van der Waals surface area contributed by atoms with Crippen molar-refractivity contribution in [3.8, 4) is 0 Å². The van der Waals surface area contributed by atoms with Gasteiger partial charge in [0.25, 0.3) is 0 Å². The van der Waals surface area contributed by atoms with E-state index in [1.165, 1.54) is 12.4 Å². The SMILES string of the molecule is COC(N)(C(=O)OC1CCN(C=NN)CC1)c1cccc(C(F)(F)F)c1. The van der Waals surface area contributed by atoms with Crippen molar-refractivity contribution in [3.05, 3.63) is 35.4 Å². The first-order valence-corrected chi connectivity index (χ1v) is 7.91. The van der Waals surface area contributed by atoms with E-state index in [1.54, 1.807) is 0 Å². The highest BCUT2D eigenvalue weighted by atomic mass is 19.4. The lowest BCUT2D eigenvalue weighted by Crippen LogP contribution is -2.50. The molecule has 1 fully saturated rings. The lowest BCUT2D eigenvalue weighted by atomic mass is 10.00. The van der Waals surface area contributed by atoms with E-state index in [0.717, 1.165) is 25.3 Å². The first-order valence-electron chi connectivity index (χ1n) is 7.91. The van der Waals surface area contributed by atoms with Gasteiger partial charge in [-0.2, -0.15) is 18.3 Å². The van der Waals surface area contributed by atoms with E-state index in [0.29, 0.717) is 25.9 Å². The van der Waals surface area contributed by atoms with Crippen LogP contribution in [-0.4, -0.2) is 43.5 Å². The third-order valence-corrected chi connectivity index (χ3v) is 4.22. The van der Waals surface area contributed by atoms with Gasteiger partial charge in [0.1, 0.15) is 12.4 Å². The summed E-state index contributed by atoms with van der Waals surface area (Å²) in [6.07, 6.45) is -2.47. The monoisotopic (exact) mass is 374 g/mol. The molecule has 1 atom stereocenters. The number of carbonyl (C=O) groups excluding carboxylic acids is 1. The molecule has 10 heteroatoms. The largest absolute Gasteiger partial charge is 0.459 e. The van der Waals surface area contributed by atoms with Gasteiger partial charge in [-0.05, 0) is 12.1 Å². The normalized spacial score (nSPS) is 18.7. The summed E-state index contributed by atoms with van der Waals surface area (Å²) >= 11 is 0. The number of ether oxygens (including phenoxy) is 2. The summed E-state index contributed by atoms with van der Waals surface area (Å²) in [7, 11) is 1.14. The maximum absolute atomic E-state index is 12.9. The molecule has 0 saturated carbocycles. The molecule has 1 heterocycles. The zero-order chi connectivity index (χ0) is 19.4. The maximum Gasteiger partial charge on any atom is 0.416 e. The van der Waals surface area contributed by atoms with Crippen molar-refractivity contribution >= 4 is 12.3 Å². The fourth-order valence-electron chi connectivity index (χ4n) is 2.69. The van der Waals surface area contributed by atoms with E-state index in [9.17, 15) is 18.0 Å². The molecular weight excluding hydrogens is 353 g/mol. The summed E-state index contributed by atoms with van der Waals surface area (Å²) in [5.74, 6) is 4.15. The Balaban J connectivity index is 2.12. The van der Waals surface area contributed by atoms with Crippen molar-refractivity contribution in [1.82, 2.24) is 4.90 Å². The van der Waals surface area contributed by atoms with E-state index in [1.807, 2.05) is 4.90 Å². The Kier molecular flexibility index (Phi) is 6.09. The zero-order valence-corrected chi connectivity index (χ0v) is 14.2. The Morgan fingerprint density at radius 1 is 1.31 bits per heavy atom. The molecule has 0 aliphatic carbocycles. The number of carbonyl (C=O) groups is 1. The van der Waals surface area contributed by atoms with Crippen LogP contribution >= 0.6 is 0 Å². The Hall–Kier alpha value is -2.33. The van der Waals surface area contributed by atoms with Crippen LogP contribution in [0.4, 0.5) is 13.2 Å². The number of nitrogens with two attached hydrogens (primary N) is 2. The van der Waals surface area contributed by atoms with Crippen LogP contribution in [0.2, 0.25) is 0 Å². The molecule has 1 aliphatic heterocycles. The van der Waals surface area contributed by atoms with E-state index in [2.05, 4.69) is 5.10 Å². The smallest absolute Gasteiger partial charge is 0.416 e. The first-order chi connectivity index (χ1) is 12.2. The molecule has 0 aromatic heterocycles. The average molecular weight is 374 g/mol. The molecular formula is C16H21F3N4O3. The van der Waals surface area contributed by atoms with Crippen molar-refractivity contribution in [3.63, 3.8) is 0 Å². The molecule has 1 aliphatic rings. The number of halogens is 3. The fourth-order valence-corrected chi connectivity index (χ4v) is 2.69. The highest BCUT2D eigenvalue weighted by Gasteiger charge is 2.41. The molecule has 1 saturated heterocycles. The van der Waals surface area contributed by atoms with Crippen LogP contribution in [0.1, 0.15) is 24.0 Å². The second-order valence-electron chi connectivity index (χ2n) is 5.92. The minimum absolute atomic E-state index is 0.132. The van der Waals surface area contributed by atoms with Crippen molar-refractivity contribution in [2.24, 2.45) is 16.7 Å². The molecule has 0 spiro atoms. The number of hydrogen-bond donors (Lipinski definition) is 2. The van der Waals surface area contributed by atoms with Crippen molar-refractivity contribution < 1.29 is 27.4 Å². The zero-order valence-electron chi connectivity index (χ0n) is 14.2. The average Bonchev–Trinajstić information content (AvgIpc) is 2.62. The quantitative estimate of drug-likeness (QED) is 0.202. The summed E-state index contributed by atoms with van der Waals surface area (Å²) in [5.41, 5.74) is 2.77. The van der Waals surface area contributed by atoms with Gasteiger partial charge in [-0.3, -0.25) is 5.73 Å². The van der Waals surface area contributed by atoms with Gasteiger partial charge in [0.2, 0.25) is 5.72 Å². The lowest BCUT2D eigenvalue weighted by Gasteiger charge is -2.33. The van der Waals surface area contributed by atoms with Gasteiger partial charge in [-0.1, -0.05) is 12.1 Å². The standard InChI is InChI=1S/C16H21F3N4O3/c1-25-15(20,11-3-2-4-12(9-11)16(17,18)19)14(24)26-13-5-7-23(8-6-13)10-22-21/h2-4,9-10,13H,5-8,20-21H2,1H3. The highest BCUT2D eigenvalue weighted by Crippen LogP contribution is 2.32. The van der Waals surface area contributed by atoms with Gasteiger partial charge in [0.05, 0.1) is 5.56 Å². The molecule has 0 bridgehead atoms. The summed E-state index contributed by atoms with van der Waals surface area (Å²) in [6.45, 7) is 1.15. The van der Waals surface area contributed by atoms with Gasteiger partial charge in [0.15, 0.2) is 0 Å². The molecule has 2 rings (SSSR count). The minimum atomic E-state index is -4.56. The van der Waals surface area contributed by atoms with Crippen LogP contribution in [0.25, 0.3) is 0 Å². The van der Waals surface area contributed by atoms with Crippen molar-refractivity contribution in [2.75, 3.05) is 20.2 Å². The first kappa shape index (κ1) is 20.0. The number of rotatable bonds is 5. The van der Waals surface area contributed by atoms with E-state index >= 15 is 0 Å². The highest BCUT2D eigenvalue weighted by molar-refractivity contribution is 5.81. The predicted molar refractivity (Wildman–Crippen MR) is 87.7 cm³/mol. The predicted octanol–water partition coefficient (Wildman–Crippen LogP) is 1.37. The number of likely N-dealkylation sites (tertiary alicyclic amines) is 1. The third-order valence-electron chi connectivity index (χ3n) is 4.22. The van der Waals surface area contributed by atoms with Crippen molar-refractivity contribution in [2.45, 2.75) is 30.8 Å². The van der Waals surface area contributed by atoms with E-state index < -0.39 is 29.5 Å². The number of esters is 1. The summed E-state index contributed by atoms with van der Waals surface area (Å²) < 4.78 is 49.2. The molecule has 7 nitrogen and oxygen atoms in total. The maximum atomic E-state index is 12.9. The second-order valence-corrected chi connectivity index (χ2v) is 5.92. The fraction of sp³-hybridized carbons (Fsp3) is 0.500. The van der Waals surface area contributed by atoms with Crippen LogP contribution < -0.4 is 11.6 Å². The number of benzene rings is 1. The summed E-state index contributed by atoms with van der Waals surface area (Å²) in [6, 6.07) is 4.13. The number of methoxy groups -OCH3 is 1. The summed E-state index contributed by atoms with van der Waals surface area (Å²) in [5, 5.41) is 3.43.